The van der Waals surface area contributed by atoms with Gasteiger partial charge in [-0.05, 0) is 143 Å². The molecule has 3 aromatic carbocycles. The molecule has 0 amide bonds. The number of halogens is 4. The zero-order valence-corrected chi connectivity index (χ0v) is 27.4. The largest absolute Gasteiger partial charge is 0.416 e. The first-order chi connectivity index (χ1) is 21.6. The minimum atomic E-state index is -4.30. The summed E-state index contributed by atoms with van der Waals surface area (Å²) in [6.07, 6.45) is 8.70. The Balaban J connectivity index is 0.000000179. The standard InChI is InChI=1S/C23H23F3N2.C14H17BrN2/c1-28-12-10-18(11-13-28)21-15-27-22-9-6-17(14-20(21)22)3-2-16-4-7-19(8-5-16)23(24,25)26;1-17-6-4-10(5-7-17)13-9-16-14-3-2-11(15)8-12(13)14/h2-9,14-15,18,27H,10-13H2,1H3;2-3,8-10,16H,4-7H2,1H3. The molecule has 2 saturated heterocycles. The first-order valence-electron chi connectivity index (χ1n) is 15.7. The van der Waals surface area contributed by atoms with E-state index in [4.69, 9.17) is 0 Å². The lowest BCUT2D eigenvalue weighted by Gasteiger charge is -2.28. The van der Waals surface area contributed by atoms with Gasteiger partial charge in [-0.2, -0.15) is 13.2 Å². The third kappa shape index (κ3) is 7.56. The highest BCUT2D eigenvalue weighted by molar-refractivity contribution is 9.10. The molecule has 0 bridgehead atoms. The summed E-state index contributed by atoms with van der Waals surface area (Å²) in [7, 11) is 4.37. The lowest BCUT2D eigenvalue weighted by molar-refractivity contribution is -0.137. The molecule has 8 heteroatoms. The Morgan fingerprint density at radius 2 is 1.13 bits per heavy atom. The molecule has 236 valence electrons. The molecule has 4 heterocycles. The molecule has 2 fully saturated rings. The Kier molecular flexibility index (Phi) is 9.54. The van der Waals surface area contributed by atoms with Gasteiger partial charge < -0.3 is 19.8 Å². The Labute approximate surface area is 271 Å². The highest BCUT2D eigenvalue weighted by Gasteiger charge is 2.29. The van der Waals surface area contributed by atoms with Crippen LogP contribution < -0.4 is 0 Å². The Morgan fingerprint density at radius 3 is 1.67 bits per heavy atom. The summed E-state index contributed by atoms with van der Waals surface area (Å²) < 4.78 is 39.2. The molecule has 7 rings (SSSR count). The Bertz CT molecular complexity index is 1750. The molecule has 0 aliphatic carbocycles. The van der Waals surface area contributed by atoms with Crippen LogP contribution in [0.5, 0.6) is 0 Å². The Hall–Kier alpha value is -3.33. The highest BCUT2D eigenvalue weighted by Crippen LogP contribution is 2.35. The van der Waals surface area contributed by atoms with Gasteiger partial charge in [-0.15, -0.1) is 0 Å². The van der Waals surface area contributed by atoms with Crippen LogP contribution in [0, 0.1) is 0 Å². The first kappa shape index (κ1) is 31.6. The SMILES string of the molecule is CN1CCC(c2c[nH]c3ccc(Br)cc23)CC1.CN1CCC(c2c[nH]c3ccc(C=Cc4ccc(C(F)(F)F)cc4)cc23)CC1. The van der Waals surface area contributed by atoms with Gasteiger partial charge in [0.1, 0.15) is 0 Å². The maximum Gasteiger partial charge on any atom is 0.416 e. The zero-order valence-electron chi connectivity index (χ0n) is 25.8. The van der Waals surface area contributed by atoms with Crippen LogP contribution in [0.25, 0.3) is 34.0 Å². The van der Waals surface area contributed by atoms with E-state index in [-0.39, 0.29) is 0 Å². The van der Waals surface area contributed by atoms with Crippen LogP contribution in [-0.2, 0) is 6.18 Å². The number of H-pyrrole nitrogens is 2. The molecular weight excluding hydrogens is 637 g/mol. The molecule has 2 aliphatic rings. The molecule has 2 N–H and O–H groups in total. The van der Waals surface area contributed by atoms with E-state index in [0.717, 1.165) is 54.7 Å². The normalized spacial score (nSPS) is 17.7. The van der Waals surface area contributed by atoms with Gasteiger partial charge in [0, 0.05) is 38.7 Å². The van der Waals surface area contributed by atoms with Crippen LogP contribution >= 0.6 is 15.9 Å². The molecule has 45 heavy (non-hydrogen) atoms. The van der Waals surface area contributed by atoms with Gasteiger partial charge in [0.25, 0.3) is 0 Å². The third-order valence-electron chi connectivity index (χ3n) is 9.44. The lowest BCUT2D eigenvalue weighted by atomic mass is 9.89. The van der Waals surface area contributed by atoms with Crippen LogP contribution in [0.3, 0.4) is 0 Å². The van der Waals surface area contributed by atoms with E-state index < -0.39 is 11.7 Å². The average molecular weight is 678 g/mol. The number of rotatable bonds is 4. The van der Waals surface area contributed by atoms with Crippen molar-refractivity contribution in [2.75, 3.05) is 40.3 Å². The summed E-state index contributed by atoms with van der Waals surface area (Å²) in [5.41, 5.74) is 6.41. The molecular formula is C37H40BrF3N4. The monoisotopic (exact) mass is 676 g/mol. The van der Waals surface area contributed by atoms with Crippen molar-refractivity contribution in [2.45, 2.75) is 43.7 Å². The molecule has 4 nitrogen and oxygen atoms in total. The number of hydrogen-bond acceptors (Lipinski definition) is 2. The molecule has 0 radical (unpaired) electrons. The summed E-state index contributed by atoms with van der Waals surface area (Å²) >= 11 is 3.56. The Morgan fingerprint density at radius 1 is 0.667 bits per heavy atom. The second-order valence-electron chi connectivity index (χ2n) is 12.6. The van der Waals surface area contributed by atoms with E-state index in [2.05, 4.69) is 92.5 Å². The number of nitrogens with zero attached hydrogens (tertiary/aromatic N) is 2. The van der Waals surface area contributed by atoms with Crippen molar-refractivity contribution in [3.63, 3.8) is 0 Å². The van der Waals surface area contributed by atoms with Crippen LogP contribution in [0.15, 0.2) is 77.5 Å². The molecule has 2 aliphatic heterocycles. The van der Waals surface area contributed by atoms with E-state index in [1.807, 2.05) is 18.2 Å². The van der Waals surface area contributed by atoms with Gasteiger partial charge in [0.2, 0.25) is 0 Å². The van der Waals surface area contributed by atoms with Gasteiger partial charge in [-0.25, -0.2) is 0 Å². The van der Waals surface area contributed by atoms with Gasteiger partial charge >= 0.3 is 6.18 Å². The van der Waals surface area contributed by atoms with E-state index in [1.54, 1.807) is 0 Å². The van der Waals surface area contributed by atoms with Gasteiger partial charge in [-0.3, -0.25) is 0 Å². The fraction of sp³-hybridized carbons (Fsp3) is 0.351. The highest BCUT2D eigenvalue weighted by atomic mass is 79.9. The lowest BCUT2D eigenvalue weighted by Crippen LogP contribution is -2.29. The van der Waals surface area contributed by atoms with Crippen LogP contribution in [0.2, 0.25) is 0 Å². The van der Waals surface area contributed by atoms with E-state index in [9.17, 15) is 13.2 Å². The number of hydrogen-bond donors (Lipinski definition) is 2. The quantitative estimate of drug-likeness (QED) is 0.186. The molecule has 0 atom stereocenters. The number of piperidine rings is 2. The molecule has 0 spiro atoms. The summed E-state index contributed by atoms with van der Waals surface area (Å²) in [5.74, 6) is 1.29. The topological polar surface area (TPSA) is 38.1 Å². The zero-order chi connectivity index (χ0) is 31.6. The van der Waals surface area contributed by atoms with Gasteiger partial charge in [0.05, 0.1) is 5.56 Å². The maximum absolute atomic E-state index is 12.7. The molecule has 5 aromatic rings. The second-order valence-corrected chi connectivity index (χ2v) is 13.5. The van der Waals surface area contributed by atoms with Crippen molar-refractivity contribution in [1.82, 2.24) is 19.8 Å². The number of aromatic amines is 2. The smallest absolute Gasteiger partial charge is 0.361 e. The van der Waals surface area contributed by atoms with Crippen LogP contribution in [-0.4, -0.2) is 60.0 Å². The fourth-order valence-electron chi connectivity index (χ4n) is 6.67. The van der Waals surface area contributed by atoms with E-state index >= 15 is 0 Å². The van der Waals surface area contributed by atoms with Crippen molar-refractivity contribution in [2.24, 2.45) is 0 Å². The molecule has 2 aromatic heterocycles. The van der Waals surface area contributed by atoms with Crippen molar-refractivity contribution in [1.29, 1.82) is 0 Å². The summed E-state index contributed by atoms with van der Waals surface area (Å²) in [6.45, 7) is 4.66. The average Bonchev–Trinajstić information content (AvgIpc) is 3.65. The van der Waals surface area contributed by atoms with E-state index in [0.29, 0.717) is 11.8 Å². The minimum Gasteiger partial charge on any atom is -0.361 e. The van der Waals surface area contributed by atoms with Crippen molar-refractivity contribution >= 4 is 49.9 Å². The van der Waals surface area contributed by atoms with Gasteiger partial charge in [-0.1, -0.05) is 46.3 Å². The summed E-state index contributed by atoms with van der Waals surface area (Å²) in [4.78, 5) is 11.5. The van der Waals surface area contributed by atoms with E-state index in [1.165, 1.54) is 70.0 Å². The number of fused-ring (bicyclic) bond motifs is 2. The predicted octanol–water partition coefficient (Wildman–Crippen LogP) is 9.91. The van der Waals surface area contributed by atoms with Crippen LogP contribution in [0.4, 0.5) is 13.2 Å². The van der Waals surface area contributed by atoms with Crippen molar-refractivity contribution < 1.29 is 13.2 Å². The third-order valence-corrected chi connectivity index (χ3v) is 9.93. The number of benzene rings is 3. The maximum atomic E-state index is 12.7. The van der Waals surface area contributed by atoms with Gasteiger partial charge in [0.15, 0.2) is 0 Å². The molecule has 0 unspecified atom stereocenters. The number of aromatic nitrogens is 2. The number of likely N-dealkylation sites (tertiary alicyclic amines) is 2. The number of nitrogens with one attached hydrogen (secondary N) is 2. The predicted molar refractivity (Wildman–Crippen MR) is 184 cm³/mol. The summed E-state index contributed by atoms with van der Waals surface area (Å²) in [6, 6.07) is 18.0. The fourth-order valence-corrected chi connectivity index (χ4v) is 7.03. The van der Waals surface area contributed by atoms with Crippen molar-refractivity contribution in [3.8, 4) is 0 Å². The van der Waals surface area contributed by atoms with Crippen molar-refractivity contribution in [3.05, 3.63) is 105 Å². The number of alkyl halides is 3. The second kappa shape index (κ2) is 13.6. The summed E-state index contributed by atoms with van der Waals surface area (Å²) in [5, 5.41) is 2.62. The van der Waals surface area contributed by atoms with Crippen LogP contribution in [0.1, 0.15) is 65.3 Å². The minimum absolute atomic E-state index is 0.569. The first-order valence-corrected chi connectivity index (χ1v) is 16.5. The molecule has 0 saturated carbocycles.